The molecule has 5 nitrogen and oxygen atoms in total. The highest BCUT2D eigenvalue weighted by Gasteiger charge is 2.24. The molecule has 2 unspecified atom stereocenters. The predicted octanol–water partition coefficient (Wildman–Crippen LogP) is 4.41. The lowest BCUT2D eigenvalue weighted by atomic mass is 9.89. The fraction of sp³-hybridized carbons (Fsp3) is 0.500. The number of rotatable bonds is 5. The van der Waals surface area contributed by atoms with E-state index in [1.807, 2.05) is 13.0 Å². The molecule has 3 rings (SSSR count). The Kier molecular flexibility index (Phi) is 5.56. The molecular weight excluding hydrogens is 324 g/mol. The van der Waals surface area contributed by atoms with E-state index in [1.165, 1.54) is 18.2 Å². The van der Waals surface area contributed by atoms with Gasteiger partial charge in [0.05, 0.1) is 11.3 Å². The highest BCUT2D eigenvalue weighted by molar-refractivity contribution is 7.98. The van der Waals surface area contributed by atoms with Crippen molar-refractivity contribution in [1.82, 2.24) is 10.1 Å². The van der Waals surface area contributed by atoms with E-state index in [1.54, 1.807) is 18.3 Å². The molecule has 1 aliphatic carbocycles. The van der Waals surface area contributed by atoms with E-state index in [4.69, 9.17) is 9.26 Å². The summed E-state index contributed by atoms with van der Waals surface area (Å²) in [6, 6.07) is 5.43. The number of esters is 1. The molecule has 0 radical (unpaired) electrons. The SMILES string of the molecule is Cc1cc(CSc2ncccc2C(=O)OC2CCCC(C)C2)no1. The molecule has 0 aromatic carbocycles. The van der Waals surface area contributed by atoms with E-state index in [0.29, 0.717) is 22.3 Å². The van der Waals surface area contributed by atoms with Crippen LogP contribution in [-0.2, 0) is 10.5 Å². The molecule has 1 saturated carbocycles. The minimum absolute atomic E-state index is 0.0255. The summed E-state index contributed by atoms with van der Waals surface area (Å²) in [5, 5.41) is 4.64. The Morgan fingerprint density at radius 3 is 3.08 bits per heavy atom. The number of thioether (sulfide) groups is 1. The van der Waals surface area contributed by atoms with Crippen molar-refractivity contribution in [1.29, 1.82) is 0 Å². The molecule has 0 spiro atoms. The molecule has 2 atom stereocenters. The van der Waals surface area contributed by atoms with E-state index in [9.17, 15) is 4.79 Å². The number of hydrogen-bond acceptors (Lipinski definition) is 6. The lowest BCUT2D eigenvalue weighted by Gasteiger charge is -2.26. The van der Waals surface area contributed by atoms with Gasteiger partial charge in [-0.1, -0.05) is 30.3 Å². The molecular formula is C18H22N2O3S. The van der Waals surface area contributed by atoms with Gasteiger partial charge in [-0.25, -0.2) is 9.78 Å². The van der Waals surface area contributed by atoms with Crippen molar-refractivity contribution in [3.05, 3.63) is 41.4 Å². The van der Waals surface area contributed by atoms with Gasteiger partial charge in [-0.3, -0.25) is 0 Å². The second-order valence-corrected chi connectivity index (χ2v) is 7.34. The normalized spacial score (nSPS) is 20.8. The van der Waals surface area contributed by atoms with Crippen molar-refractivity contribution < 1.29 is 14.1 Å². The maximum Gasteiger partial charge on any atom is 0.341 e. The first-order chi connectivity index (χ1) is 11.6. The van der Waals surface area contributed by atoms with Gasteiger partial charge in [-0.15, -0.1) is 0 Å². The van der Waals surface area contributed by atoms with Crippen LogP contribution in [0.2, 0.25) is 0 Å². The third-order valence-corrected chi connectivity index (χ3v) is 5.23. The first-order valence-electron chi connectivity index (χ1n) is 8.33. The van der Waals surface area contributed by atoms with Crippen LogP contribution >= 0.6 is 11.8 Å². The summed E-state index contributed by atoms with van der Waals surface area (Å²) in [5.74, 6) is 1.73. The molecule has 1 aliphatic rings. The molecule has 128 valence electrons. The highest BCUT2D eigenvalue weighted by Crippen LogP contribution is 2.28. The van der Waals surface area contributed by atoms with Crippen molar-refractivity contribution in [2.24, 2.45) is 5.92 Å². The van der Waals surface area contributed by atoms with Gasteiger partial charge in [0.1, 0.15) is 16.9 Å². The molecule has 24 heavy (non-hydrogen) atoms. The zero-order valence-electron chi connectivity index (χ0n) is 14.0. The average molecular weight is 346 g/mol. The van der Waals surface area contributed by atoms with Crippen LogP contribution in [0, 0.1) is 12.8 Å². The Bertz CT molecular complexity index is 701. The summed E-state index contributed by atoms with van der Waals surface area (Å²) >= 11 is 1.47. The van der Waals surface area contributed by atoms with Crippen LogP contribution in [-0.4, -0.2) is 22.2 Å². The molecule has 0 amide bonds. The predicted molar refractivity (Wildman–Crippen MR) is 91.9 cm³/mol. The van der Waals surface area contributed by atoms with Gasteiger partial charge in [0, 0.05) is 18.0 Å². The molecule has 1 fully saturated rings. The van der Waals surface area contributed by atoms with Gasteiger partial charge < -0.3 is 9.26 Å². The fourth-order valence-corrected chi connectivity index (χ4v) is 3.85. The minimum atomic E-state index is -0.277. The third-order valence-electron chi connectivity index (χ3n) is 4.19. The van der Waals surface area contributed by atoms with Crippen molar-refractivity contribution >= 4 is 17.7 Å². The van der Waals surface area contributed by atoms with Gasteiger partial charge in [0.15, 0.2) is 0 Å². The van der Waals surface area contributed by atoms with Crippen molar-refractivity contribution in [3.63, 3.8) is 0 Å². The Morgan fingerprint density at radius 1 is 1.46 bits per heavy atom. The molecule has 2 aromatic rings. The van der Waals surface area contributed by atoms with Gasteiger partial charge in [-0.2, -0.15) is 0 Å². The van der Waals surface area contributed by atoms with Crippen LogP contribution in [0.3, 0.4) is 0 Å². The van der Waals surface area contributed by atoms with Gasteiger partial charge in [0.2, 0.25) is 0 Å². The summed E-state index contributed by atoms with van der Waals surface area (Å²) in [6.45, 7) is 4.07. The number of hydrogen-bond donors (Lipinski definition) is 0. The average Bonchev–Trinajstić information content (AvgIpc) is 2.99. The number of aryl methyl sites for hydroxylation is 1. The largest absolute Gasteiger partial charge is 0.459 e. The fourth-order valence-electron chi connectivity index (χ4n) is 2.99. The monoisotopic (exact) mass is 346 g/mol. The Balaban J connectivity index is 1.65. The summed E-state index contributed by atoms with van der Waals surface area (Å²) in [6.07, 6.45) is 5.97. The number of carbonyl (C=O) groups excluding carboxylic acids is 1. The second-order valence-electron chi connectivity index (χ2n) is 6.37. The van der Waals surface area contributed by atoms with E-state index in [2.05, 4.69) is 17.1 Å². The van der Waals surface area contributed by atoms with E-state index in [-0.39, 0.29) is 12.1 Å². The zero-order valence-corrected chi connectivity index (χ0v) is 14.8. The number of aromatic nitrogens is 2. The first-order valence-corrected chi connectivity index (χ1v) is 9.31. The minimum Gasteiger partial charge on any atom is -0.459 e. The second kappa shape index (κ2) is 7.83. The van der Waals surface area contributed by atoms with Crippen molar-refractivity contribution in [3.8, 4) is 0 Å². The lowest BCUT2D eigenvalue weighted by Crippen LogP contribution is -2.24. The van der Waals surface area contributed by atoms with Crippen LogP contribution in [0.5, 0.6) is 0 Å². The van der Waals surface area contributed by atoms with Crippen molar-refractivity contribution in [2.45, 2.75) is 56.4 Å². The maximum absolute atomic E-state index is 12.5. The topological polar surface area (TPSA) is 65.2 Å². The number of carbonyl (C=O) groups is 1. The molecule has 2 heterocycles. The quantitative estimate of drug-likeness (QED) is 0.590. The van der Waals surface area contributed by atoms with E-state index >= 15 is 0 Å². The summed E-state index contributed by atoms with van der Waals surface area (Å²) < 4.78 is 10.8. The summed E-state index contributed by atoms with van der Waals surface area (Å²) in [7, 11) is 0. The molecule has 0 saturated heterocycles. The molecule has 2 aromatic heterocycles. The number of pyridine rings is 1. The van der Waals surface area contributed by atoms with Crippen LogP contribution < -0.4 is 0 Å². The molecule has 0 N–H and O–H groups in total. The Labute approximate surface area is 146 Å². The van der Waals surface area contributed by atoms with Crippen molar-refractivity contribution in [2.75, 3.05) is 0 Å². The zero-order chi connectivity index (χ0) is 16.9. The number of ether oxygens (including phenoxy) is 1. The Morgan fingerprint density at radius 2 is 2.33 bits per heavy atom. The highest BCUT2D eigenvalue weighted by atomic mass is 32.2. The summed E-state index contributed by atoms with van der Waals surface area (Å²) in [4.78, 5) is 16.9. The number of nitrogens with zero attached hydrogens (tertiary/aromatic N) is 2. The smallest absolute Gasteiger partial charge is 0.341 e. The van der Waals surface area contributed by atoms with Gasteiger partial charge in [0.25, 0.3) is 0 Å². The standard InChI is InChI=1S/C18H22N2O3S/c1-12-5-3-6-15(9-12)22-18(21)16-7-4-8-19-17(16)24-11-14-10-13(2)23-20-14/h4,7-8,10,12,15H,3,5-6,9,11H2,1-2H3. The van der Waals surface area contributed by atoms with Crippen LogP contribution in [0.4, 0.5) is 0 Å². The van der Waals surface area contributed by atoms with Crippen LogP contribution in [0.1, 0.15) is 54.4 Å². The first kappa shape index (κ1) is 17.0. The third kappa shape index (κ3) is 4.38. The van der Waals surface area contributed by atoms with E-state index < -0.39 is 0 Å². The van der Waals surface area contributed by atoms with Gasteiger partial charge >= 0.3 is 5.97 Å². The molecule has 0 bridgehead atoms. The van der Waals surface area contributed by atoms with Crippen LogP contribution in [0.25, 0.3) is 0 Å². The van der Waals surface area contributed by atoms with E-state index in [0.717, 1.165) is 30.7 Å². The van der Waals surface area contributed by atoms with Crippen LogP contribution in [0.15, 0.2) is 33.9 Å². The molecule has 0 aliphatic heterocycles. The Hall–Kier alpha value is -1.82. The maximum atomic E-state index is 12.5. The summed E-state index contributed by atoms with van der Waals surface area (Å²) in [5.41, 5.74) is 1.37. The molecule has 6 heteroatoms. The van der Waals surface area contributed by atoms with Gasteiger partial charge in [-0.05, 0) is 44.2 Å². The lowest BCUT2D eigenvalue weighted by molar-refractivity contribution is 0.0150.